The lowest BCUT2D eigenvalue weighted by molar-refractivity contribution is 0.0958. The highest BCUT2D eigenvalue weighted by molar-refractivity contribution is 6.02. The van der Waals surface area contributed by atoms with Crippen LogP contribution in [-0.2, 0) is 0 Å². The van der Waals surface area contributed by atoms with E-state index < -0.39 is 0 Å². The summed E-state index contributed by atoms with van der Waals surface area (Å²) in [5.74, 6) is 0.580. The number of nitrogens with zero attached hydrogens (tertiary/aromatic N) is 2. The number of aromatic amines is 1. The van der Waals surface area contributed by atoms with Crippen molar-refractivity contribution in [3.05, 3.63) is 41.2 Å². The zero-order chi connectivity index (χ0) is 18.6. The maximum absolute atomic E-state index is 12.1. The molecule has 3 N–H and O–H groups in total. The van der Waals surface area contributed by atoms with Gasteiger partial charge in [-0.25, -0.2) is 9.97 Å². The van der Waals surface area contributed by atoms with Gasteiger partial charge >= 0.3 is 0 Å². The maximum Gasteiger partial charge on any atom is 0.253 e. The molecule has 26 heavy (non-hydrogen) atoms. The van der Waals surface area contributed by atoms with E-state index in [4.69, 9.17) is 4.98 Å². The zero-order valence-corrected chi connectivity index (χ0v) is 15.7. The van der Waals surface area contributed by atoms with E-state index in [1.165, 1.54) is 0 Å². The van der Waals surface area contributed by atoms with E-state index in [1.807, 2.05) is 38.1 Å². The molecule has 0 aliphatic carbocycles. The van der Waals surface area contributed by atoms with E-state index >= 15 is 0 Å². The second-order valence-corrected chi connectivity index (χ2v) is 7.91. The van der Waals surface area contributed by atoms with E-state index in [0.717, 1.165) is 33.5 Å². The molecular formula is C20H23N5O. The Morgan fingerprint density at radius 1 is 1.15 bits per heavy atom. The van der Waals surface area contributed by atoms with E-state index in [2.05, 4.69) is 41.4 Å². The predicted octanol–water partition coefficient (Wildman–Crippen LogP) is 3.95. The summed E-state index contributed by atoms with van der Waals surface area (Å²) in [4.78, 5) is 24.9. The van der Waals surface area contributed by atoms with Crippen molar-refractivity contribution in [3.8, 4) is 11.3 Å². The third-order valence-corrected chi connectivity index (χ3v) is 4.57. The number of H-pyrrole nitrogens is 1. The van der Waals surface area contributed by atoms with Gasteiger partial charge in [0, 0.05) is 22.2 Å². The third-order valence-electron chi connectivity index (χ3n) is 4.57. The van der Waals surface area contributed by atoms with E-state index in [-0.39, 0.29) is 17.5 Å². The number of nitrogens with one attached hydrogen (secondary N) is 3. The normalized spacial score (nSPS) is 16.7. The van der Waals surface area contributed by atoms with Gasteiger partial charge in [0.1, 0.15) is 0 Å². The van der Waals surface area contributed by atoms with Crippen LogP contribution in [-0.4, -0.2) is 26.4 Å². The number of carbonyl (C=O) groups is 1. The Morgan fingerprint density at radius 3 is 2.62 bits per heavy atom. The molecule has 2 aromatic heterocycles. The predicted molar refractivity (Wildman–Crippen MR) is 103 cm³/mol. The number of carbonyl (C=O) groups excluding carboxylic acids is 1. The quantitative estimate of drug-likeness (QED) is 0.654. The molecule has 0 saturated carbocycles. The topological polar surface area (TPSA) is 82.7 Å². The standard InChI is InChI=1S/C20H23N5O/c1-10-12-7-6-8-13(17(12)24-19(22-10)25-20(3,4)5)15-9-14-16(23-15)11(2)21-18(14)26/h6-9,11,23H,1-5H3,(H,21,26)(H,22,24,25). The van der Waals surface area contributed by atoms with Crippen molar-refractivity contribution in [2.75, 3.05) is 5.32 Å². The number of aromatic nitrogens is 3. The molecule has 6 heteroatoms. The summed E-state index contributed by atoms with van der Waals surface area (Å²) >= 11 is 0. The van der Waals surface area contributed by atoms with E-state index in [0.29, 0.717) is 11.5 Å². The summed E-state index contributed by atoms with van der Waals surface area (Å²) in [6, 6.07) is 7.97. The Bertz CT molecular complexity index is 1030. The molecule has 3 heterocycles. The summed E-state index contributed by atoms with van der Waals surface area (Å²) in [7, 11) is 0. The number of hydrogen-bond donors (Lipinski definition) is 3. The Hall–Kier alpha value is -2.89. The molecule has 1 amide bonds. The highest BCUT2D eigenvalue weighted by Crippen LogP contribution is 2.33. The number of rotatable bonds is 2. The molecule has 1 atom stereocenters. The van der Waals surface area contributed by atoms with Crippen molar-refractivity contribution < 1.29 is 4.79 Å². The Balaban J connectivity index is 1.89. The van der Waals surface area contributed by atoms with Crippen LogP contribution in [0, 0.1) is 6.92 Å². The fourth-order valence-corrected chi connectivity index (χ4v) is 3.41. The smallest absolute Gasteiger partial charge is 0.253 e. The van der Waals surface area contributed by atoms with Crippen LogP contribution >= 0.6 is 0 Å². The minimum Gasteiger partial charge on any atom is -0.356 e. The van der Waals surface area contributed by atoms with Gasteiger partial charge in [-0.15, -0.1) is 0 Å². The summed E-state index contributed by atoms with van der Waals surface area (Å²) in [6.45, 7) is 10.2. The van der Waals surface area contributed by atoms with Gasteiger partial charge < -0.3 is 15.6 Å². The van der Waals surface area contributed by atoms with Crippen molar-refractivity contribution in [3.63, 3.8) is 0 Å². The van der Waals surface area contributed by atoms with Gasteiger partial charge in [-0.05, 0) is 40.7 Å². The SMILES string of the molecule is Cc1nc(NC(C)(C)C)nc2c(-c3cc4c([nH]3)C(C)NC4=O)cccc12. The molecular weight excluding hydrogens is 326 g/mol. The lowest BCUT2D eigenvalue weighted by Crippen LogP contribution is -2.27. The first kappa shape index (κ1) is 16.6. The van der Waals surface area contributed by atoms with Crippen molar-refractivity contribution in [2.24, 2.45) is 0 Å². The number of anilines is 1. The average Bonchev–Trinajstić information content (AvgIpc) is 3.07. The molecule has 6 nitrogen and oxygen atoms in total. The minimum absolute atomic E-state index is 0.00398. The van der Waals surface area contributed by atoms with Crippen molar-refractivity contribution in [1.29, 1.82) is 0 Å². The van der Waals surface area contributed by atoms with Crippen molar-refractivity contribution in [1.82, 2.24) is 20.3 Å². The van der Waals surface area contributed by atoms with Gasteiger partial charge in [0.2, 0.25) is 5.95 Å². The van der Waals surface area contributed by atoms with Crippen LogP contribution in [0.15, 0.2) is 24.3 Å². The summed E-state index contributed by atoms with van der Waals surface area (Å²) in [5.41, 5.74) is 5.19. The van der Waals surface area contributed by atoms with Crippen LogP contribution in [0.2, 0.25) is 0 Å². The van der Waals surface area contributed by atoms with E-state index in [9.17, 15) is 4.79 Å². The Morgan fingerprint density at radius 2 is 1.92 bits per heavy atom. The first-order valence-electron chi connectivity index (χ1n) is 8.82. The molecule has 0 saturated heterocycles. The van der Waals surface area contributed by atoms with Gasteiger partial charge in [0.25, 0.3) is 5.91 Å². The fourth-order valence-electron chi connectivity index (χ4n) is 3.41. The van der Waals surface area contributed by atoms with Crippen molar-refractivity contribution >= 4 is 22.8 Å². The molecule has 0 spiro atoms. The highest BCUT2D eigenvalue weighted by Gasteiger charge is 2.28. The molecule has 0 radical (unpaired) electrons. The molecule has 1 unspecified atom stereocenters. The highest BCUT2D eigenvalue weighted by atomic mass is 16.2. The van der Waals surface area contributed by atoms with Crippen LogP contribution in [0.3, 0.4) is 0 Å². The third kappa shape index (κ3) is 2.71. The molecule has 134 valence electrons. The molecule has 4 rings (SSSR count). The van der Waals surface area contributed by atoms with Crippen LogP contribution in [0.1, 0.15) is 55.5 Å². The number of hydrogen-bond acceptors (Lipinski definition) is 4. The van der Waals surface area contributed by atoms with Crippen molar-refractivity contribution in [2.45, 2.75) is 46.2 Å². The summed E-state index contributed by atoms with van der Waals surface area (Å²) in [6.07, 6.45) is 0. The number of aryl methyl sites for hydroxylation is 1. The molecule has 1 aromatic carbocycles. The number of fused-ring (bicyclic) bond motifs is 2. The van der Waals surface area contributed by atoms with Crippen LogP contribution < -0.4 is 10.6 Å². The zero-order valence-electron chi connectivity index (χ0n) is 15.7. The lowest BCUT2D eigenvalue weighted by atomic mass is 10.1. The molecule has 0 fully saturated rings. The van der Waals surface area contributed by atoms with Crippen LogP contribution in [0.25, 0.3) is 22.2 Å². The maximum atomic E-state index is 12.1. The van der Waals surface area contributed by atoms with Gasteiger partial charge in [0.05, 0.1) is 28.5 Å². The molecule has 1 aliphatic heterocycles. The minimum atomic E-state index is -0.129. The van der Waals surface area contributed by atoms with Gasteiger partial charge in [-0.3, -0.25) is 4.79 Å². The van der Waals surface area contributed by atoms with Gasteiger partial charge in [-0.1, -0.05) is 18.2 Å². The second-order valence-electron chi connectivity index (χ2n) is 7.91. The van der Waals surface area contributed by atoms with E-state index in [1.54, 1.807) is 0 Å². The monoisotopic (exact) mass is 349 g/mol. The molecule has 0 bridgehead atoms. The van der Waals surface area contributed by atoms with Crippen LogP contribution in [0.4, 0.5) is 5.95 Å². The second kappa shape index (κ2) is 5.56. The fraction of sp³-hybridized carbons (Fsp3) is 0.350. The number of benzene rings is 1. The number of amides is 1. The first-order valence-corrected chi connectivity index (χ1v) is 8.82. The summed E-state index contributed by atoms with van der Waals surface area (Å²) in [5, 5.41) is 7.27. The molecule has 3 aromatic rings. The molecule has 1 aliphatic rings. The summed E-state index contributed by atoms with van der Waals surface area (Å²) < 4.78 is 0. The van der Waals surface area contributed by atoms with Gasteiger partial charge in [0.15, 0.2) is 0 Å². The first-order chi connectivity index (χ1) is 12.2. The van der Waals surface area contributed by atoms with Crippen LogP contribution in [0.5, 0.6) is 0 Å². The number of para-hydroxylation sites is 1. The average molecular weight is 349 g/mol. The Labute approximate surface area is 152 Å². The lowest BCUT2D eigenvalue weighted by Gasteiger charge is -2.21. The Kier molecular flexibility index (Phi) is 3.54. The van der Waals surface area contributed by atoms with Gasteiger partial charge in [-0.2, -0.15) is 0 Å². The largest absolute Gasteiger partial charge is 0.356 e.